The molecule has 2 nitrogen and oxygen atoms in total. The number of carbonyl (C=O) groups is 1. The van der Waals surface area contributed by atoms with E-state index in [9.17, 15) is 4.79 Å². The van der Waals surface area contributed by atoms with Gasteiger partial charge in [0.05, 0.1) is 0 Å². The summed E-state index contributed by atoms with van der Waals surface area (Å²) in [4.78, 5) is 11.2. The van der Waals surface area contributed by atoms with Gasteiger partial charge in [-0.1, -0.05) is 36.9 Å². The van der Waals surface area contributed by atoms with E-state index in [1.807, 2.05) is 18.2 Å². The van der Waals surface area contributed by atoms with Gasteiger partial charge in [0.1, 0.15) is 0 Å². The van der Waals surface area contributed by atoms with E-state index in [0.717, 1.165) is 12.8 Å². The zero-order valence-corrected chi connectivity index (χ0v) is 7.99. The summed E-state index contributed by atoms with van der Waals surface area (Å²) in [5.41, 5.74) is 1.96. The van der Waals surface area contributed by atoms with Crippen LogP contribution in [0.3, 0.4) is 0 Å². The predicted octanol–water partition coefficient (Wildman–Crippen LogP) is 1.67. The Kier molecular flexibility index (Phi) is 2.35. The summed E-state index contributed by atoms with van der Waals surface area (Å²) in [6.45, 7) is 3.72. The topological polar surface area (TPSA) is 29.1 Å². The molecule has 1 fully saturated rings. The number of hydrogen-bond donors (Lipinski definition) is 1. The van der Waals surface area contributed by atoms with Crippen LogP contribution in [0.25, 0.3) is 0 Å². The largest absolute Gasteiger partial charge is 0.349 e. The van der Waals surface area contributed by atoms with Gasteiger partial charge in [-0.2, -0.15) is 0 Å². The summed E-state index contributed by atoms with van der Waals surface area (Å²) in [6, 6.07) is 10.4. The average molecular weight is 187 g/mol. The summed E-state index contributed by atoms with van der Waals surface area (Å²) in [5, 5.41) is 2.91. The first-order valence-corrected chi connectivity index (χ1v) is 4.78. The Hall–Kier alpha value is -1.57. The van der Waals surface area contributed by atoms with E-state index in [-0.39, 0.29) is 11.9 Å². The molecule has 0 aromatic heterocycles. The summed E-state index contributed by atoms with van der Waals surface area (Å²) < 4.78 is 0. The van der Waals surface area contributed by atoms with Crippen molar-refractivity contribution in [3.8, 4) is 0 Å². The summed E-state index contributed by atoms with van der Waals surface area (Å²) in [5.74, 6) is 0.00549. The first-order valence-electron chi connectivity index (χ1n) is 4.78. The molecule has 0 spiro atoms. The van der Waals surface area contributed by atoms with Crippen LogP contribution in [0.1, 0.15) is 12.0 Å². The highest BCUT2D eigenvalue weighted by atomic mass is 16.2. The minimum absolute atomic E-state index is 0.00549. The molecule has 14 heavy (non-hydrogen) atoms. The second kappa shape index (κ2) is 3.66. The number of hydrogen-bond acceptors (Lipinski definition) is 1. The van der Waals surface area contributed by atoms with Gasteiger partial charge in [-0.05, 0) is 18.4 Å². The third-order valence-electron chi connectivity index (χ3n) is 2.47. The molecule has 1 aliphatic heterocycles. The van der Waals surface area contributed by atoms with Crippen molar-refractivity contribution in [1.82, 2.24) is 5.32 Å². The fraction of sp³-hybridized carbons (Fsp3) is 0.250. The fourth-order valence-corrected chi connectivity index (χ4v) is 1.75. The third-order valence-corrected chi connectivity index (χ3v) is 2.47. The minimum Gasteiger partial charge on any atom is -0.349 e. The van der Waals surface area contributed by atoms with Crippen LogP contribution in [0.5, 0.6) is 0 Å². The Morgan fingerprint density at radius 3 is 2.64 bits per heavy atom. The van der Waals surface area contributed by atoms with Crippen LogP contribution in [-0.2, 0) is 11.2 Å². The molecule has 2 rings (SSSR count). The van der Waals surface area contributed by atoms with Gasteiger partial charge in [0, 0.05) is 11.6 Å². The number of carbonyl (C=O) groups excluding carboxylic acids is 1. The number of rotatable bonds is 2. The first kappa shape index (κ1) is 9.00. The second-order valence-electron chi connectivity index (χ2n) is 3.67. The Balaban J connectivity index is 2.00. The van der Waals surface area contributed by atoms with Gasteiger partial charge in [-0.3, -0.25) is 4.79 Å². The molecule has 1 heterocycles. The van der Waals surface area contributed by atoms with Crippen molar-refractivity contribution in [3.05, 3.63) is 48.0 Å². The molecule has 0 bridgehead atoms. The van der Waals surface area contributed by atoms with Crippen LogP contribution in [0.15, 0.2) is 42.5 Å². The molecule has 0 aliphatic carbocycles. The lowest BCUT2D eigenvalue weighted by Crippen LogP contribution is -2.27. The third kappa shape index (κ3) is 1.84. The number of amides is 1. The maximum Gasteiger partial charge on any atom is 0.246 e. The maximum atomic E-state index is 11.2. The molecule has 1 saturated heterocycles. The number of nitrogens with one attached hydrogen (secondary N) is 1. The number of benzene rings is 1. The summed E-state index contributed by atoms with van der Waals surface area (Å²) >= 11 is 0. The van der Waals surface area contributed by atoms with Crippen molar-refractivity contribution >= 4 is 5.91 Å². The summed E-state index contributed by atoms with van der Waals surface area (Å²) in [6.07, 6.45) is 1.67. The Morgan fingerprint density at radius 1 is 1.36 bits per heavy atom. The van der Waals surface area contributed by atoms with Gasteiger partial charge in [-0.15, -0.1) is 0 Å². The molecule has 1 aliphatic rings. The zero-order valence-electron chi connectivity index (χ0n) is 7.99. The average Bonchev–Trinajstić information content (AvgIpc) is 2.47. The van der Waals surface area contributed by atoms with Gasteiger partial charge in [0.15, 0.2) is 0 Å². The van der Waals surface area contributed by atoms with Crippen LogP contribution in [0, 0.1) is 0 Å². The van der Waals surface area contributed by atoms with Gasteiger partial charge >= 0.3 is 0 Å². The minimum atomic E-state index is 0.00549. The van der Waals surface area contributed by atoms with Gasteiger partial charge in [-0.25, -0.2) is 0 Å². The normalized spacial score (nSPS) is 21.0. The van der Waals surface area contributed by atoms with Crippen LogP contribution < -0.4 is 5.32 Å². The van der Waals surface area contributed by atoms with Crippen molar-refractivity contribution in [1.29, 1.82) is 0 Å². The van der Waals surface area contributed by atoms with E-state index in [2.05, 4.69) is 24.0 Å². The molecular formula is C12H13NO. The van der Waals surface area contributed by atoms with Crippen LogP contribution in [0.4, 0.5) is 0 Å². The van der Waals surface area contributed by atoms with E-state index >= 15 is 0 Å². The maximum absolute atomic E-state index is 11.2. The molecule has 72 valence electrons. The van der Waals surface area contributed by atoms with E-state index in [0.29, 0.717) is 5.57 Å². The Bertz CT molecular complexity index is 340. The van der Waals surface area contributed by atoms with Crippen molar-refractivity contribution < 1.29 is 4.79 Å². The van der Waals surface area contributed by atoms with Crippen LogP contribution in [0.2, 0.25) is 0 Å². The smallest absolute Gasteiger partial charge is 0.246 e. The van der Waals surface area contributed by atoms with Crippen LogP contribution in [-0.4, -0.2) is 11.9 Å². The Labute approximate surface area is 83.6 Å². The lowest BCUT2D eigenvalue weighted by molar-refractivity contribution is -0.116. The lowest BCUT2D eigenvalue weighted by Gasteiger charge is -2.08. The van der Waals surface area contributed by atoms with E-state index in [4.69, 9.17) is 0 Å². The predicted molar refractivity (Wildman–Crippen MR) is 55.8 cm³/mol. The SMILES string of the molecule is C=C1C[C@H](Cc2ccccc2)NC1=O. The Morgan fingerprint density at radius 2 is 2.07 bits per heavy atom. The molecule has 0 saturated carbocycles. The molecule has 0 unspecified atom stereocenters. The quantitative estimate of drug-likeness (QED) is 0.701. The standard InChI is InChI=1S/C12H13NO/c1-9-7-11(13-12(9)14)8-10-5-3-2-4-6-10/h2-6,11H,1,7-8H2,(H,13,14)/t11-/m1/s1. The summed E-state index contributed by atoms with van der Waals surface area (Å²) in [7, 11) is 0. The van der Waals surface area contributed by atoms with Gasteiger partial charge < -0.3 is 5.32 Å². The lowest BCUT2D eigenvalue weighted by atomic mass is 10.0. The fourth-order valence-electron chi connectivity index (χ4n) is 1.75. The molecule has 2 heteroatoms. The van der Waals surface area contributed by atoms with E-state index < -0.39 is 0 Å². The molecule has 1 N–H and O–H groups in total. The van der Waals surface area contributed by atoms with Gasteiger partial charge in [0.25, 0.3) is 0 Å². The molecule has 1 atom stereocenters. The highest BCUT2D eigenvalue weighted by molar-refractivity contribution is 5.95. The van der Waals surface area contributed by atoms with E-state index in [1.54, 1.807) is 0 Å². The van der Waals surface area contributed by atoms with Crippen molar-refractivity contribution in [2.45, 2.75) is 18.9 Å². The highest BCUT2D eigenvalue weighted by Gasteiger charge is 2.24. The highest BCUT2D eigenvalue weighted by Crippen LogP contribution is 2.16. The molecule has 1 aromatic carbocycles. The van der Waals surface area contributed by atoms with Crippen molar-refractivity contribution in [3.63, 3.8) is 0 Å². The molecule has 1 amide bonds. The molecule has 0 radical (unpaired) electrons. The zero-order chi connectivity index (χ0) is 9.97. The van der Waals surface area contributed by atoms with Crippen molar-refractivity contribution in [2.75, 3.05) is 0 Å². The van der Waals surface area contributed by atoms with Crippen molar-refractivity contribution in [2.24, 2.45) is 0 Å². The monoisotopic (exact) mass is 187 g/mol. The molecule has 1 aromatic rings. The first-order chi connectivity index (χ1) is 6.75. The van der Waals surface area contributed by atoms with Crippen LogP contribution >= 0.6 is 0 Å². The van der Waals surface area contributed by atoms with Gasteiger partial charge in [0.2, 0.25) is 5.91 Å². The second-order valence-corrected chi connectivity index (χ2v) is 3.67. The van der Waals surface area contributed by atoms with E-state index in [1.165, 1.54) is 5.56 Å². The molecular weight excluding hydrogens is 174 g/mol.